The zero-order valence-corrected chi connectivity index (χ0v) is 10.0. The molecule has 0 amide bonds. The minimum absolute atomic E-state index is 0.0757. The number of phenolic OH excluding ortho intramolecular Hbond substituents is 1. The molecule has 3 heteroatoms. The van der Waals surface area contributed by atoms with Crippen molar-refractivity contribution in [1.29, 1.82) is 0 Å². The third-order valence-corrected chi connectivity index (χ3v) is 3.51. The molecule has 2 atom stereocenters. The van der Waals surface area contributed by atoms with Crippen molar-refractivity contribution in [3.63, 3.8) is 0 Å². The van der Waals surface area contributed by atoms with Crippen molar-refractivity contribution in [2.24, 2.45) is 5.92 Å². The highest BCUT2D eigenvalue weighted by Crippen LogP contribution is 2.34. The average Bonchev–Trinajstić information content (AvgIpc) is 2.58. The predicted octanol–water partition coefficient (Wildman–Crippen LogP) is 3.18. The summed E-state index contributed by atoms with van der Waals surface area (Å²) in [5.74, 6) is 0.506. The summed E-state index contributed by atoms with van der Waals surface area (Å²) in [5.41, 5.74) is 0.435. The van der Waals surface area contributed by atoms with Crippen molar-refractivity contribution in [3.8, 4) is 5.75 Å². The van der Waals surface area contributed by atoms with Gasteiger partial charge in [-0.05, 0) is 50.8 Å². The van der Waals surface area contributed by atoms with Gasteiger partial charge in [0, 0.05) is 5.56 Å². The van der Waals surface area contributed by atoms with Gasteiger partial charge in [-0.25, -0.2) is 4.39 Å². The first-order chi connectivity index (χ1) is 8.27. The van der Waals surface area contributed by atoms with Crippen molar-refractivity contribution < 1.29 is 9.50 Å². The number of alkyl halides is 1. The number of rotatable bonds is 3. The van der Waals surface area contributed by atoms with Gasteiger partial charge in [0.15, 0.2) is 0 Å². The van der Waals surface area contributed by atoms with Gasteiger partial charge in [0.25, 0.3) is 0 Å². The molecule has 1 aromatic carbocycles. The Kier molecular flexibility index (Phi) is 4.37. The van der Waals surface area contributed by atoms with E-state index in [1.165, 1.54) is 0 Å². The number of nitrogens with one attached hydrogen (secondary N) is 1. The van der Waals surface area contributed by atoms with E-state index in [-0.39, 0.29) is 5.75 Å². The molecule has 0 aromatic heterocycles. The lowest BCUT2D eigenvalue weighted by Crippen LogP contribution is -2.14. The van der Waals surface area contributed by atoms with Crippen LogP contribution in [-0.2, 0) is 0 Å². The van der Waals surface area contributed by atoms with E-state index in [4.69, 9.17) is 0 Å². The van der Waals surface area contributed by atoms with Crippen LogP contribution in [0.15, 0.2) is 24.3 Å². The maximum Gasteiger partial charge on any atom is 0.129 e. The SMILES string of the molecule is Oc1ccccc1C(F)CC1CCCNCC1. The quantitative estimate of drug-likeness (QED) is 0.846. The molecule has 0 saturated carbocycles. The molecule has 1 aliphatic rings. The van der Waals surface area contributed by atoms with Crippen LogP contribution in [0.1, 0.15) is 37.4 Å². The van der Waals surface area contributed by atoms with Crippen molar-refractivity contribution in [1.82, 2.24) is 5.32 Å². The van der Waals surface area contributed by atoms with Crippen LogP contribution in [0.3, 0.4) is 0 Å². The summed E-state index contributed by atoms with van der Waals surface area (Å²) < 4.78 is 14.1. The maximum absolute atomic E-state index is 14.1. The van der Waals surface area contributed by atoms with Crippen LogP contribution in [0.4, 0.5) is 4.39 Å². The van der Waals surface area contributed by atoms with Crippen LogP contribution in [0.25, 0.3) is 0 Å². The van der Waals surface area contributed by atoms with E-state index in [1.807, 2.05) is 0 Å². The Labute approximate surface area is 102 Å². The largest absolute Gasteiger partial charge is 0.508 e. The Bertz CT molecular complexity index is 348. The van der Waals surface area contributed by atoms with Gasteiger partial charge in [-0.15, -0.1) is 0 Å². The van der Waals surface area contributed by atoms with Crippen LogP contribution in [0.5, 0.6) is 5.75 Å². The Hall–Kier alpha value is -1.09. The Morgan fingerprint density at radius 3 is 2.94 bits per heavy atom. The van der Waals surface area contributed by atoms with E-state index in [0.717, 1.165) is 32.4 Å². The summed E-state index contributed by atoms with van der Waals surface area (Å²) in [7, 11) is 0. The van der Waals surface area contributed by atoms with Crippen LogP contribution < -0.4 is 5.32 Å². The molecule has 2 rings (SSSR count). The van der Waals surface area contributed by atoms with Gasteiger partial charge in [0.05, 0.1) is 0 Å². The molecular formula is C14H20FNO. The lowest BCUT2D eigenvalue weighted by molar-refractivity contribution is 0.255. The summed E-state index contributed by atoms with van der Waals surface area (Å²) in [4.78, 5) is 0. The highest BCUT2D eigenvalue weighted by atomic mass is 19.1. The van der Waals surface area contributed by atoms with Crippen LogP contribution in [0.2, 0.25) is 0 Å². The number of halogens is 1. The molecule has 1 aromatic rings. The van der Waals surface area contributed by atoms with E-state index in [9.17, 15) is 9.50 Å². The van der Waals surface area contributed by atoms with Gasteiger partial charge in [0.2, 0.25) is 0 Å². The molecular weight excluding hydrogens is 217 g/mol. The topological polar surface area (TPSA) is 32.3 Å². The number of benzene rings is 1. The van der Waals surface area contributed by atoms with Crippen molar-refractivity contribution in [2.45, 2.75) is 31.9 Å². The van der Waals surface area contributed by atoms with Gasteiger partial charge in [-0.1, -0.05) is 18.2 Å². The van der Waals surface area contributed by atoms with E-state index >= 15 is 0 Å². The Morgan fingerprint density at radius 2 is 2.12 bits per heavy atom. The van der Waals surface area contributed by atoms with Gasteiger partial charge in [-0.3, -0.25) is 0 Å². The second kappa shape index (κ2) is 6.01. The molecule has 2 nitrogen and oxygen atoms in total. The molecule has 17 heavy (non-hydrogen) atoms. The number of aromatic hydroxyl groups is 1. The maximum atomic E-state index is 14.1. The first kappa shape index (κ1) is 12.4. The fraction of sp³-hybridized carbons (Fsp3) is 0.571. The fourth-order valence-electron chi connectivity index (χ4n) is 2.50. The Balaban J connectivity index is 1.96. The van der Waals surface area contributed by atoms with E-state index in [0.29, 0.717) is 17.9 Å². The molecule has 1 heterocycles. The number of hydrogen-bond acceptors (Lipinski definition) is 2. The first-order valence-corrected chi connectivity index (χ1v) is 6.40. The summed E-state index contributed by atoms with van der Waals surface area (Å²) in [6, 6.07) is 6.73. The smallest absolute Gasteiger partial charge is 0.129 e. The number of phenols is 1. The zero-order valence-electron chi connectivity index (χ0n) is 10.0. The van der Waals surface area contributed by atoms with Crippen LogP contribution >= 0.6 is 0 Å². The molecule has 0 spiro atoms. The third-order valence-electron chi connectivity index (χ3n) is 3.51. The van der Waals surface area contributed by atoms with Gasteiger partial charge in [-0.2, -0.15) is 0 Å². The summed E-state index contributed by atoms with van der Waals surface area (Å²) in [5, 5.41) is 12.9. The summed E-state index contributed by atoms with van der Waals surface area (Å²) in [6.07, 6.45) is 2.73. The zero-order chi connectivity index (χ0) is 12.1. The highest BCUT2D eigenvalue weighted by Gasteiger charge is 2.20. The summed E-state index contributed by atoms with van der Waals surface area (Å²) >= 11 is 0. The van der Waals surface area contributed by atoms with Gasteiger partial charge >= 0.3 is 0 Å². The Morgan fingerprint density at radius 1 is 1.29 bits per heavy atom. The molecule has 1 saturated heterocycles. The third kappa shape index (κ3) is 3.43. The van der Waals surface area contributed by atoms with Crippen molar-refractivity contribution >= 4 is 0 Å². The molecule has 1 fully saturated rings. The molecule has 94 valence electrons. The minimum atomic E-state index is -1.04. The summed E-state index contributed by atoms with van der Waals surface area (Å²) in [6.45, 7) is 2.03. The molecule has 0 radical (unpaired) electrons. The van der Waals surface area contributed by atoms with E-state index in [1.54, 1.807) is 24.3 Å². The normalized spacial score (nSPS) is 23.0. The lowest BCUT2D eigenvalue weighted by atomic mass is 9.92. The van der Waals surface area contributed by atoms with Crippen LogP contribution in [0, 0.1) is 5.92 Å². The predicted molar refractivity (Wildman–Crippen MR) is 66.8 cm³/mol. The van der Waals surface area contributed by atoms with Gasteiger partial charge < -0.3 is 10.4 Å². The average molecular weight is 237 g/mol. The van der Waals surface area contributed by atoms with E-state index in [2.05, 4.69) is 5.32 Å². The minimum Gasteiger partial charge on any atom is -0.508 e. The number of para-hydroxylation sites is 1. The van der Waals surface area contributed by atoms with Crippen molar-refractivity contribution in [2.75, 3.05) is 13.1 Å². The van der Waals surface area contributed by atoms with Gasteiger partial charge in [0.1, 0.15) is 11.9 Å². The lowest BCUT2D eigenvalue weighted by Gasteiger charge is -2.17. The monoisotopic (exact) mass is 237 g/mol. The first-order valence-electron chi connectivity index (χ1n) is 6.40. The van der Waals surface area contributed by atoms with Crippen molar-refractivity contribution in [3.05, 3.63) is 29.8 Å². The molecule has 0 aliphatic carbocycles. The standard InChI is InChI=1S/C14H20FNO/c15-13(12-5-1-2-6-14(12)17)10-11-4-3-8-16-9-7-11/h1-2,5-6,11,13,16-17H,3-4,7-10H2. The molecule has 2 N–H and O–H groups in total. The fourth-order valence-corrected chi connectivity index (χ4v) is 2.50. The highest BCUT2D eigenvalue weighted by molar-refractivity contribution is 5.33. The molecule has 0 bridgehead atoms. The number of hydrogen-bond donors (Lipinski definition) is 2. The van der Waals surface area contributed by atoms with Crippen LogP contribution in [-0.4, -0.2) is 18.2 Å². The second-order valence-electron chi connectivity index (χ2n) is 4.81. The van der Waals surface area contributed by atoms with E-state index < -0.39 is 6.17 Å². The molecule has 1 aliphatic heterocycles. The second-order valence-corrected chi connectivity index (χ2v) is 4.81. The molecule has 2 unspecified atom stereocenters.